The molecule has 1 N–H and O–H groups in total. The van der Waals surface area contributed by atoms with Crippen LogP contribution in [0.4, 0.5) is 0 Å². The first-order valence-corrected chi connectivity index (χ1v) is 5.79. The number of phenols is 1. The van der Waals surface area contributed by atoms with Gasteiger partial charge in [0.1, 0.15) is 11.4 Å². The first kappa shape index (κ1) is 9.53. The third-order valence-electron chi connectivity index (χ3n) is 3.44. The average Bonchev–Trinajstić information content (AvgIpc) is 2.70. The third kappa shape index (κ3) is 1.02. The van der Waals surface area contributed by atoms with Crippen molar-refractivity contribution in [1.82, 2.24) is 8.97 Å². The molecule has 0 saturated carbocycles. The van der Waals surface area contributed by atoms with Crippen molar-refractivity contribution in [3.8, 4) is 5.75 Å². The van der Waals surface area contributed by atoms with E-state index in [4.69, 9.17) is 0 Å². The second-order valence-electron chi connectivity index (χ2n) is 4.48. The monoisotopic (exact) mass is 238 g/mol. The van der Waals surface area contributed by atoms with Crippen LogP contribution in [-0.4, -0.2) is 14.1 Å². The Morgan fingerprint density at radius 2 is 2.11 bits per heavy atom. The Bertz CT molecular complexity index is 884. The van der Waals surface area contributed by atoms with E-state index in [0.29, 0.717) is 0 Å². The van der Waals surface area contributed by atoms with Crippen LogP contribution in [0.15, 0.2) is 41.3 Å². The van der Waals surface area contributed by atoms with Gasteiger partial charge in [-0.05, 0) is 12.1 Å². The summed E-state index contributed by atoms with van der Waals surface area (Å²) < 4.78 is 3.70. The topological polar surface area (TPSA) is 46.6 Å². The van der Waals surface area contributed by atoms with E-state index >= 15 is 0 Å². The van der Waals surface area contributed by atoms with Crippen LogP contribution in [0.2, 0.25) is 0 Å². The minimum Gasteiger partial charge on any atom is -0.508 e. The molecule has 3 aromatic rings. The normalized spacial score (nSPS) is 13.6. The fraction of sp³-hybridized carbons (Fsp3) is 0.0714. The van der Waals surface area contributed by atoms with E-state index in [0.717, 1.165) is 28.7 Å². The number of fused-ring (bicyclic) bond motifs is 3. The second-order valence-corrected chi connectivity index (χ2v) is 4.48. The quantitative estimate of drug-likeness (QED) is 0.651. The van der Waals surface area contributed by atoms with Crippen molar-refractivity contribution in [3.63, 3.8) is 0 Å². The molecule has 4 nitrogen and oxygen atoms in total. The van der Waals surface area contributed by atoms with Crippen molar-refractivity contribution in [1.29, 1.82) is 0 Å². The lowest BCUT2D eigenvalue weighted by molar-refractivity contribution is 0.476. The van der Waals surface area contributed by atoms with Gasteiger partial charge in [0.05, 0.1) is 5.52 Å². The molecule has 0 atom stereocenters. The number of aromatic hydroxyl groups is 1. The van der Waals surface area contributed by atoms with Gasteiger partial charge in [-0.2, -0.15) is 0 Å². The van der Waals surface area contributed by atoms with Gasteiger partial charge < -0.3 is 9.67 Å². The molecule has 1 aliphatic rings. The highest BCUT2D eigenvalue weighted by atomic mass is 16.3. The van der Waals surface area contributed by atoms with Crippen molar-refractivity contribution in [2.75, 3.05) is 0 Å². The lowest BCUT2D eigenvalue weighted by Gasteiger charge is -2.11. The number of allylic oxidation sites excluding steroid dienone is 1. The average molecular weight is 238 g/mol. The van der Waals surface area contributed by atoms with E-state index in [-0.39, 0.29) is 11.3 Å². The van der Waals surface area contributed by atoms with Crippen LogP contribution in [0.1, 0.15) is 5.56 Å². The van der Waals surface area contributed by atoms with E-state index in [1.807, 2.05) is 22.9 Å². The first-order chi connectivity index (χ1) is 8.75. The second kappa shape index (κ2) is 3.04. The summed E-state index contributed by atoms with van der Waals surface area (Å²) in [7, 11) is 0. The highest BCUT2D eigenvalue weighted by Crippen LogP contribution is 2.30. The van der Waals surface area contributed by atoms with Gasteiger partial charge in [0.15, 0.2) is 0 Å². The van der Waals surface area contributed by atoms with Gasteiger partial charge in [0.2, 0.25) is 0 Å². The van der Waals surface area contributed by atoms with Crippen molar-refractivity contribution in [2.45, 2.75) is 6.54 Å². The van der Waals surface area contributed by atoms with Gasteiger partial charge in [-0.1, -0.05) is 12.2 Å². The third-order valence-corrected chi connectivity index (χ3v) is 3.44. The number of phenolic OH excluding ortho intramolecular Hbond substituents is 1. The van der Waals surface area contributed by atoms with Crippen LogP contribution in [0.5, 0.6) is 5.75 Å². The van der Waals surface area contributed by atoms with Crippen LogP contribution in [-0.2, 0) is 6.54 Å². The van der Waals surface area contributed by atoms with Gasteiger partial charge >= 0.3 is 0 Å². The minimum absolute atomic E-state index is 0.0709. The Morgan fingerprint density at radius 3 is 3.00 bits per heavy atom. The Balaban J connectivity index is 2.42. The Hall–Kier alpha value is -2.49. The van der Waals surface area contributed by atoms with Crippen molar-refractivity contribution < 1.29 is 5.11 Å². The largest absolute Gasteiger partial charge is 0.508 e. The molecular formula is C14H10N2O2. The molecule has 0 aliphatic carbocycles. The van der Waals surface area contributed by atoms with E-state index in [1.165, 1.54) is 0 Å². The van der Waals surface area contributed by atoms with Crippen LogP contribution in [0.25, 0.3) is 22.6 Å². The van der Waals surface area contributed by atoms with E-state index < -0.39 is 0 Å². The first-order valence-electron chi connectivity index (χ1n) is 5.79. The van der Waals surface area contributed by atoms with Crippen molar-refractivity contribution >= 4 is 22.6 Å². The molecule has 0 unspecified atom stereocenters. The van der Waals surface area contributed by atoms with Gasteiger partial charge in [0.25, 0.3) is 5.56 Å². The highest BCUT2D eigenvalue weighted by molar-refractivity contribution is 5.98. The van der Waals surface area contributed by atoms with Crippen LogP contribution in [0.3, 0.4) is 0 Å². The van der Waals surface area contributed by atoms with Gasteiger partial charge in [0, 0.05) is 35.8 Å². The van der Waals surface area contributed by atoms with Crippen molar-refractivity contribution in [2.24, 2.45) is 0 Å². The number of aromatic nitrogens is 2. The predicted octanol–water partition coefficient (Wildman–Crippen LogP) is 1.99. The minimum atomic E-state index is -0.0709. The summed E-state index contributed by atoms with van der Waals surface area (Å²) in [5, 5.41) is 10.6. The summed E-state index contributed by atoms with van der Waals surface area (Å²) in [5.41, 5.74) is 2.61. The van der Waals surface area contributed by atoms with Crippen molar-refractivity contribution in [3.05, 3.63) is 52.5 Å². The number of nitrogens with zero attached hydrogens (tertiary/aromatic N) is 2. The number of rotatable bonds is 0. The summed E-state index contributed by atoms with van der Waals surface area (Å²) in [6.07, 6.45) is 5.91. The Labute approximate surface area is 102 Å². The molecule has 0 bridgehead atoms. The zero-order chi connectivity index (χ0) is 12.3. The zero-order valence-electron chi connectivity index (χ0n) is 9.50. The molecule has 88 valence electrons. The van der Waals surface area contributed by atoms with E-state index in [9.17, 15) is 9.90 Å². The summed E-state index contributed by atoms with van der Waals surface area (Å²) in [6, 6.07) is 6.69. The molecular weight excluding hydrogens is 228 g/mol. The maximum atomic E-state index is 12.1. The standard InChI is InChI=1S/C14H10N2O2/c17-9-3-4-10-11-2-1-6-15-7-5-13(18)16(14(11)15)12(10)8-9/h1-5,7-8,17H,6H2. The maximum Gasteiger partial charge on any atom is 0.258 e. The summed E-state index contributed by atoms with van der Waals surface area (Å²) in [4.78, 5) is 12.1. The number of hydrogen-bond acceptors (Lipinski definition) is 2. The molecule has 0 amide bonds. The molecule has 0 radical (unpaired) electrons. The zero-order valence-corrected chi connectivity index (χ0v) is 9.50. The summed E-state index contributed by atoms with van der Waals surface area (Å²) >= 11 is 0. The lowest BCUT2D eigenvalue weighted by Crippen LogP contribution is -2.16. The predicted molar refractivity (Wildman–Crippen MR) is 69.9 cm³/mol. The van der Waals surface area contributed by atoms with Gasteiger partial charge in [-0.15, -0.1) is 0 Å². The molecule has 4 heteroatoms. The molecule has 2 aromatic heterocycles. The molecule has 0 fully saturated rings. The van der Waals surface area contributed by atoms with E-state index in [2.05, 4.69) is 6.08 Å². The van der Waals surface area contributed by atoms with Crippen LogP contribution < -0.4 is 5.56 Å². The molecule has 0 saturated heterocycles. The number of hydrogen-bond donors (Lipinski definition) is 1. The van der Waals surface area contributed by atoms with Gasteiger partial charge in [-0.3, -0.25) is 9.20 Å². The smallest absolute Gasteiger partial charge is 0.258 e. The molecule has 18 heavy (non-hydrogen) atoms. The SMILES string of the molecule is O=c1ccn2c3c(c4ccc(O)cc4n13)C=CC2. The number of benzene rings is 1. The fourth-order valence-corrected chi connectivity index (χ4v) is 2.69. The molecule has 1 aromatic carbocycles. The Morgan fingerprint density at radius 1 is 1.22 bits per heavy atom. The molecule has 4 rings (SSSR count). The lowest BCUT2D eigenvalue weighted by atomic mass is 10.1. The van der Waals surface area contributed by atoms with Gasteiger partial charge in [-0.25, -0.2) is 0 Å². The maximum absolute atomic E-state index is 12.1. The Kier molecular flexibility index (Phi) is 1.61. The molecule has 1 aliphatic heterocycles. The van der Waals surface area contributed by atoms with Crippen LogP contribution >= 0.6 is 0 Å². The van der Waals surface area contributed by atoms with E-state index in [1.54, 1.807) is 22.6 Å². The molecule has 0 spiro atoms. The summed E-state index contributed by atoms with van der Waals surface area (Å²) in [5.74, 6) is 0.173. The fourth-order valence-electron chi connectivity index (χ4n) is 2.69. The summed E-state index contributed by atoms with van der Waals surface area (Å²) in [6.45, 7) is 0.763. The molecule has 3 heterocycles. The van der Waals surface area contributed by atoms with Crippen LogP contribution in [0, 0.1) is 0 Å². The highest BCUT2D eigenvalue weighted by Gasteiger charge is 2.16.